The van der Waals surface area contributed by atoms with E-state index < -0.39 is 0 Å². The summed E-state index contributed by atoms with van der Waals surface area (Å²) in [5.74, 6) is 2.57. The highest BCUT2D eigenvalue weighted by molar-refractivity contribution is 5.89. The van der Waals surface area contributed by atoms with E-state index in [4.69, 9.17) is 0 Å². The van der Waals surface area contributed by atoms with Crippen LogP contribution in [0, 0.1) is 13.8 Å². The SMILES string of the molecule is Cc1cccc(NC(=O)N2CCN(c3cc(N(C)C)nc(C)n3)CC2)c1. The second-order valence-electron chi connectivity index (χ2n) is 6.80. The number of amides is 2. The maximum atomic E-state index is 12.5. The van der Waals surface area contributed by atoms with Crippen LogP contribution in [0.1, 0.15) is 11.4 Å². The molecule has 0 radical (unpaired) electrons. The molecule has 2 aromatic rings. The lowest BCUT2D eigenvalue weighted by atomic mass is 10.2. The summed E-state index contributed by atoms with van der Waals surface area (Å²) < 4.78 is 0. The van der Waals surface area contributed by atoms with Gasteiger partial charge in [0.1, 0.15) is 17.5 Å². The average Bonchev–Trinajstić information content (AvgIpc) is 2.61. The summed E-state index contributed by atoms with van der Waals surface area (Å²) in [6.45, 7) is 6.76. The zero-order chi connectivity index (χ0) is 18.7. The average molecular weight is 354 g/mol. The molecule has 2 heterocycles. The van der Waals surface area contributed by atoms with Crippen LogP contribution >= 0.6 is 0 Å². The Morgan fingerprint density at radius 1 is 1.08 bits per heavy atom. The number of aryl methyl sites for hydroxylation is 2. The van der Waals surface area contributed by atoms with E-state index >= 15 is 0 Å². The summed E-state index contributed by atoms with van der Waals surface area (Å²) in [7, 11) is 3.94. The van der Waals surface area contributed by atoms with Gasteiger partial charge < -0.3 is 20.0 Å². The quantitative estimate of drug-likeness (QED) is 0.917. The van der Waals surface area contributed by atoms with Crippen molar-refractivity contribution in [3.63, 3.8) is 0 Å². The van der Waals surface area contributed by atoms with Crippen molar-refractivity contribution in [2.24, 2.45) is 0 Å². The lowest BCUT2D eigenvalue weighted by molar-refractivity contribution is 0.208. The molecule has 1 fully saturated rings. The molecule has 1 aliphatic heterocycles. The molecule has 1 aromatic carbocycles. The van der Waals surface area contributed by atoms with E-state index in [2.05, 4.69) is 20.2 Å². The minimum atomic E-state index is -0.0527. The molecule has 2 amide bonds. The number of piperazine rings is 1. The van der Waals surface area contributed by atoms with Gasteiger partial charge in [0.15, 0.2) is 0 Å². The number of carbonyl (C=O) groups excluding carboxylic acids is 1. The first-order valence-electron chi connectivity index (χ1n) is 8.83. The fourth-order valence-electron chi connectivity index (χ4n) is 2.99. The number of benzene rings is 1. The standard InChI is InChI=1S/C19H26N6O/c1-14-6-5-7-16(12-14)22-19(26)25-10-8-24(9-11-25)18-13-17(23(3)4)20-15(2)21-18/h5-7,12-13H,8-11H2,1-4H3,(H,22,26). The molecule has 26 heavy (non-hydrogen) atoms. The lowest BCUT2D eigenvalue weighted by Crippen LogP contribution is -2.50. The fourth-order valence-corrected chi connectivity index (χ4v) is 2.99. The molecule has 0 spiro atoms. The van der Waals surface area contributed by atoms with E-state index in [0.717, 1.165) is 41.8 Å². The molecule has 7 nitrogen and oxygen atoms in total. The minimum absolute atomic E-state index is 0.0527. The molecule has 1 saturated heterocycles. The highest BCUT2D eigenvalue weighted by Crippen LogP contribution is 2.19. The van der Waals surface area contributed by atoms with E-state index in [-0.39, 0.29) is 6.03 Å². The van der Waals surface area contributed by atoms with E-state index in [1.807, 2.05) is 68.1 Å². The van der Waals surface area contributed by atoms with E-state index in [1.54, 1.807) is 0 Å². The molecule has 138 valence electrons. The molecular weight excluding hydrogens is 328 g/mol. The Labute approximate surface area is 154 Å². The van der Waals surface area contributed by atoms with Gasteiger partial charge in [0, 0.05) is 52.0 Å². The molecule has 1 N–H and O–H groups in total. The Balaban J connectivity index is 1.61. The second-order valence-corrected chi connectivity index (χ2v) is 6.80. The highest BCUT2D eigenvalue weighted by Gasteiger charge is 2.22. The fraction of sp³-hybridized carbons (Fsp3) is 0.421. The van der Waals surface area contributed by atoms with Crippen molar-refractivity contribution in [3.8, 4) is 0 Å². The first kappa shape index (κ1) is 18.0. The Bertz CT molecular complexity index is 783. The van der Waals surface area contributed by atoms with Crippen LogP contribution in [0.25, 0.3) is 0 Å². The number of urea groups is 1. The summed E-state index contributed by atoms with van der Waals surface area (Å²) in [5, 5.41) is 2.98. The van der Waals surface area contributed by atoms with Crippen LogP contribution in [0.2, 0.25) is 0 Å². The van der Waals surface area contributed by atoms with Gasteiger partial charge in [-0.2, -0.15) is 0 Å². The third-order valence-corrected chi connectivity index (χ3v) is 4.43. The van der Waals surface area contributed by atoms with Gasteiger partial charge in [0.2, 0.25) is 0 Å². The first-order chi connectivity index (χ1) is 12.4. The predicted molar refractivity (Wildman–Crippen MR) is 105 cm³/mol. The summed E-state index contributed by atoms with van der Waals surface area (Å²) >= 11 is 0. The molecule has 1 aliphatic rings. The highest BCUT2D eigenvalue weighted by atomic mass is 16.2. The van der Waals surface area contributed by atoms with E-state index in [0.29, 0.717) is 13.1 Å². The zero-order valence-electron chi connectivity index (χ0n) is 15.9. The number of nitrogens with zero attached hydrogens (tertiary/aromatic N) is 5. The molecular formula is C19H26N6O. The van der Waals surface area contributed by atoms with Crippen molar-refractivity contribution in [2.75, 3.05) is 55.4 Å². The second kappa shape index (κ2) is 7.59. The van der Waals surface area contributed by atoms with Gasteiger partial charge >= 0.3 is 6.03 Å². The van der Waals surface area contributed by atoms with Gasteiger partial charge in [0.25, 0.3) is 0 Å². The van der Waals surface area contributed by atoms with Crippen LogP contribution in [0.15, 0.2) is 30.3 Å². The number of hydrogen-bond donors (Lipinski definition) is 1. The summed E-state index contributed by atoms with van der Waals surface area (Å²) in [5.41, 5.74) is 1.96. The van der Waals surface area contributed by atoms with Gasteiger partial charge in [-0.25, -0.2) is 14.8 Å². The van der Waals surface area contributed by atoms with Crippen molar-refractivity contribution in [2.45, 2.75) is 13.8 Å². The van der Waals surface area contributed by atoms with Crippen LogP contribution in [0.3, 0.4) is 0 Å². The van der Waals surface area contributed by atoms with Crippen LogP contribution in [-0.4, -0.2) is 61.2 Å². The van der Waals surface area contributed by atoms with Gasteiger partial charge in [-0.05, 0) is 31.5 Å². The van der Waals surface area contributed by atoms with Crippen LogP contribution in [-0.2, 0) is 0 Å². The zero-order valence-corrected chi connectivity index (χ0v) is 15.9. The lowest BCUT2D eigenvalue weighted by Gasteiger charge is -2.35. The Morgan fingerprint density at radius 2 is 1.81 bits per heavy atom. The van der Waals surface area contributed by atoms with Crippen molar-refractivity contribution in [3.05, 3.63) is 41.7 Å². The predicted octanol–water partition coefficient (Wildman–Crippen LogP) is 2.51. The molecule has 0 unspecified atom stereocenters. The Hall–Kier alpha value is -2.83. The number of anilines is 3. The summed E-state index contributed by atoms with van der Waals surface area (Å²) in [6.07, 6.45) is 0. The molecule has 0 bridgehead atoms. The van der Waals surface area contributed by atoms with Crippen LogP contribution in [0.4, 0.5) is 22.1 Å². The normalized spacial score (nSPS) is 14.3. The molecule has 7 heteroatoms. The molecule has 3 rings (SSSR count). The smallest absolute Gasteiger partial charge is 0.321 e. The van der Waals surface area contributed by atoms with Gasteiger partial charge in [-0.3, -0.25) is 0 Å². The Kier molecular flexibility index (Phi) is 5.25. The van der Waals surface area contributed by atoms with Crippen molar-refractivity contribution in [1.82, 2.24) is 14.9 Å². The van der Waals surface area contributed by atoms with Crippen LogP contribution in [0.5, 0.6) is 0 Å². The maximum absolute atomic E-state index is 12.5. The number of nitrogens with one attached hydrogen (secondary N) is 1. The molecule has 0 saturated carbocycles. The Morgan fingerprint density at radius 3 is 2.46 bits per heavy atom. The molecule has 1 aromatic heterocycles. The summed E-state index contributed by atoms with van der Waals surface area (Å²) in [4.78, 5) is 27.5. The maximum Gasteiger partial charge on any atom is 0.321 e. The van der Waals surface area contributed by atoms with Crippen molar-refractivity contribution in [1.29, 1.82) is 0 Å². The third-order valence-electron chi connectivity index (χ3n) is 4.43. The number of rotatable bonds is 3. The number of hydrogen-bond acceptors (Lipinski definition) is 5. The molecule has 0 atom stereocenters. The van der Waals surface area contributed by atoms with Gasteiger partial charge in [-0.1, -0.05) is 12.1 Å². The molecule has 0 aliphatic carbocycles. The number of aromatic nitrogens is 2. The van der Waals surface area contributed by atoms with Crippen molar-refractivity contribution < 1.29 is 4.79 Å². The monoisotopic (exact) mass is 354 g/mol. The van der Waals surface area contributed by atoms with Gasteiger partial charge in [0.05, 0.1) is 0 Å². The third kappa shape index (κ3) is 4.22. The minimum Gasteiger partial charge on any atom is -0.363 e. The van der Waals surface area contributed by atoms with Gasteiger partial charge in [-0.15, -0.1) is 0 Å². The topological polar surface area (TPSA) is 64.6 Å². The first-order valence-corrected chi connectivity index (χ1v) is 8.83. The number of carbonyl (C=O) groups is 1. The van der Waals surface area contributed by atoms with E-state index in [9.17, 15) is 4.79 Å². The largest absolute Gasteiger partial charge is 0.363 e. The van der Waals surface area contributed by atoms with Crippen molar-refractivity contribution >= 4 is 23.4 Å². The summed E-state index contributed by atoms with van der Waals surface area (Å²) in [6, 6.07) is 9.79. The van der Waals surface area contributed by atoms with Crippen LogP contribution < -0.4 is 15.1 Å². The van der Waals surface area contributed by atoms with E-state index in [1.165, 1.54) is 0 Å².